The minimum Gasteiger partial charge on any atom is -0.350 e. The summed E-state index contributed by atoms with van der Waals surface area (Å²) in [7, 11) is 0. The number of nitrogens with one attached hydrogen (secondary N) is 1. The molecule has 2 aromatic heterocycles. The van der Waals surface area contributed by atoms with Crippen LogP contribution < -0.4 is 5.32 Å². The zero-order valence-electron chi connectivity index (χ0n) is 16.8. The summed E-state index contributed by atoms with van der Waals surface area (Å²) in [6.07, 6.45) is 4.03. The Morgan fingerprint density at radius 1 is 1.25 bits per heavy atom. The molecule has 1 fully saturated rings. The average Bonchev–Trinajstić information content (AvgIpc) is 3.30. The monoisotopic (exact) mass is 377 g/mol. The molecule has 1 saturated heterocycles. The van der Waals surface area contributed by atoms with Crippen molar-refractivity contribution in [3.05, 3.63) is 53.5 Å². The van der Waals surface area contributed by atoms with Crippen molar-refractivity contribution in [1.29, 1.82) is 0 Å². The van der Waals surface area contributed by atoms with E-state index in [1.165, 1.54) is 6.42 Å². The molecule has 0 bridgehead atoms. The Balaban J connectivity index is 1.61. The van der Waals surface area contributed by atoms with E-state index in [1.54, 1.807) is 10.7 Å². The molecule has 1 atom stereocenters. The molecule has 28 heavy (non-hydrogen) atoms. The summed E-state index contributed by atoms with van der Waals surface area (Å²) in [4.78, 5) is 19.8. The van der Waals surface area contributed by atoms with Crippen molar-refractivity contribution in [3.8, 4) is 11.1 Å². The normalized spacial score (nSPS) is 17.3. The van der Waals surface area contributed by atoms with Crippen molar-refractivity contribution >= 4 is 11.6 Å². The van der Waals surface area contributed by atoms with Crippen molar-refractivity contribution in [2.75, 3.05) is 19.6 Å². The number of hydrogen-bond acceptors (Lipinski definition) is 4. The molecule has 3 heterocycles. The first-order valence-electron chi connectivity index (χ1n) is 10.0. The van der Waals surface area contributed by atoms with Crippen LogP contribution in [0, 0.1) is 13.8 Å². The van der Waals surface area contributed by atoms with Crippen molar-refractivity contribution < 1.29 is 4.79 Å². The Hall–Kier alpha value is -2.73. The van der Waals surface area contributed by atoms with Gasteiger partial charge in [-0.05, 0) is 45.3 Å². The number of fused-ring (bicyclic) bond motifs is 1. The van der Waals surface area contributed by atoms with Crippen molar-refractivity contribution in [2.24, 2.45) is 0 Å². The topological polar surface area (TPSA) is 62.5 Å². The van der Waals surface area contributed by atoms with Crippen LogP contribution in [-0.2, 0) is 0 Å². The van der Waals surface area contributed by atoms with Gasteiger partial charge in [-0.1, -0.05) is 37.3 Å². The van der Waals surface area contributed by atoms with Gasteiger partial charge in [-0.2, -0.15) is 5.10 Å². The first-order chi connectivity index (χ1) is 13.6. The summed E-state index contributed by atoms with van der Waals surface area (Å²) in [5.74, 6) is -0.0794. The number of likely N-dealkylation sites (tertiary alicyclic amines) is 1. The lowest BCUT2D eigenvalue weighted by Gasteiger charge is -2.23. The molecule has 0 unspecified atom stereocenters. The third-order valence-electron chi connectivity index (χ3n) is 5.77. The molecule has 0 saturated carbocycles. The molecule has 1 aromatic carbocycles. The molecule has 146 valence electrons. The van der Waals surface area contributed by atoms with Crippen LogP contribution >= 0.6 is 0 Å². The van der Waals surface area contributed by atoms with Crippen LogP contribution in [-0.4, -0.2) is 51.1 Å². The maximum Gasteiger partial charge on any atom is 0.254 e. The summed E-state index contributed by atoms with van der Waals surface area (Å²) in [6.45, 7) is 8.92. The maximum atomic E-state index is 12.8. The molecule has 0 spiro atoms. The first-order valence-corrected chi connectivity index (χ1v) is 10.0. The number of benzene rings is 1. The van der Waals surface area contributed by atoms with Crippen molar-refractivity contribution in [3.63, 3.8) is 0 Å². The molecular weight excluding hydrogens is 350 g/mol. The van der Waals surface area contributed by atoms with E-state index in [9.17, 15) is 4.79 Å². The quantitative estimate of drug-likeness (QED) is 0.742. The van der Waals surface area contributed by atoms with E-state index in [1.807, 2.05) is 32.0 Å². The Morgan fingerprint density at radius 3 is 2.79 bits per heavy atom. The summed E-state index contributed by atoms with van der Waals surface area (Å²) < 4.78 is 1.79. The van der Waals surface area contributed by atoms with Gasteiger partial charge in [0.2, 0.25) is 0 Å². The lowest BCUT2D eigenvalue weighted by atomic mass is 10.1. The van der Waals surface area contributed by atoms with Crippen molar-refractivity contribution in [1.82, 2.24) is 24.8 Å². The predicted molar refractivity (Wildman–Crippen MR) is 110 cm³/mol. The van der Waals surface area contributed by atoms with Gasteiger partial charge in [-0.3, -0.25) is 9.69 Å². The molecule has 1 amide bonds. The van der Waals surface area contributed by atoms with E-state index in [0.717, 1.165) is 47.7 Å². The van der Waals surface area contributed by atoms with Gasteiger partial charge in [0.25, 0.3) is 5.91 Å². The predicted octanol–water partition coefficient (Wildman–Crippen LogP) is 3.23. The molecule has 1 aliphatic heterocycles. The van der Waals surface area contributed by atoms with Crippen molar-refractivity contribution in [2.45, 2.75) is 39.7 Å². The largest absolute Gasteiger partial charge is 0.350 e. The van der Waals surface area contributed by atoms with Crippen LogP contribution in [0.2, 0.25) is 0 Å². The number of carbonyl (C=O) groups is 1. The summed E-state index contributed by atoms with van der Waals surface area (Å²) >= 11 is 0. The standard InChI is InChI=1S/C22H27N5O/c1-4-26-12-8-11-18(26)13-24-22(28)19-14-23-21-20(17-9-6-5-7-10-17)15(2)25-27(21)16(19)3/h5-7,9-10,14,18H,4,8,11-13H2,1-3H3,(H,24,28)/t18-/m0/s1. The first kappa shape index (κ1) is 18.6. The van der Waals surface area contributed by atoms with Gasteiger partial charge in [0.1, 0.15) is 0 Å². The Bertz CT molecular complexity index is 995. The van der Waals surface area contributed by atoms with E-state index in [2.05, 4.69) is 39.4 Å². The lowest BCUT2D eigenvalue weighted by Crippen LogP contribution is -2.40. The number of hydrogen-bond donors (Lipinski definition) is 1. The highest BCUT2D eigenvalue weighted by molar-refractivity contribution is 5.95. The van der Waals surface area contributed by atoms with Crippen LogP contribution in [0.5, 0.6) is 0 Å². The number of aromatic nitrogens is 3. The highest BCUT2D eigenvalue weighted by atomic mass is 16.1. The molecule has 0 radical (unpaired) electrons. The number of nitrogens with zero attached hydrogens (tertiary/aromatic N) is 4. The second-order valence-electron chi connectivity index (χ2n) is 7.45. The Kier molecular flexibility index (Phi) is 5.13. The lowest BCUT2D eigenvalue weighted by molar-refractivity contribution is 0.0939. The van der Waals surface area contributed by atoms with Crippen LogP contribution in [0.1, 0.15) is 41.5 Å². The van der Waals surface area contributed by atoms with Crippen LogP contribution in [0.25, 0.3) is 16.8 Å². The minimum absolute atomic E-state index is 0.0794. The summed E-state index contributed by atoms with van der Waals surface area (Å²) in [5.41, 5.74) is 5.18. The third-order valence-corrected chi connectivity index (χ3v) is 5.77. The second kappa shape index (κ2) is 7.72. The van der Waals surface area contributed by atoms with E-state index < -0.39 is 0 Å². The maximum absolute atomic E-state index is 12.8. The fourth-order valence-electron chi connectivity index (χ4n) is 4.22. The number of aryl methyl sites for hydroxylation is 2. The van der Waals surface area contributed by atoms with E-state index in [0.29, 0.717) is 18.2 Å². The van der Waals surface area contributed by atoms with Gasteiger partial charge in [0, 0.05) is 24.3 Å². The Morgan fingerprint density at radius 2 is 2.04 bits per heavy atom. The minimum atomic E-state index is -0.0794. The van der Waals surface area contributed by atoms with Gasteiger partial charge < -0.3 is 5.32 Å². The second-order valence-corrected chi connectivity index (χ2v) is 7.45. The van der Waals surface area contributed by atoms with Gasteiger partial charge in [0.05, 0.1) is 17.0 Å². The number of carbonyl (C=O) groups excluding carboxylic acids is 1. The van der Waals surface area contributed by atoms with E-state index in [4.69, 9.17) is 0 Å². The third kappa shape index (κ3) is 3.29. The van der Waals surface area contributed by atoms with Gasteiger partial charge in [-0.15, -0.1) is 0 Å². The van der Waals surface area contributed by atoms with Crippen LogP contribution in [0.15, 0.2) is 36.5 Å². The molecule has 4 rings (SSSR count). The Labute approximate surface area is 165 Å². The molecule has 1 aliphatic rings. The van der Waals surface area contributed by atoms with Gasteiger partial charge in [-0.25, -0.2) is 9.50 Å². The highest BCUT2D eigenvalue weighted by Crippen LogP contribution is 2.28. The average molecular weight is 377 g/mol. The zero-order chi connectivity index (χ0) is 19.7. The smallest absolute Gasteiger partial charge is 0.254 e. The van der Waals surface area contributed by atoms with Gasteiger partial charge in [0.15, 0.2) is 5.65 Å². The summed E-state index contributed by atoms with van der Waals surface area (Å²) in [6, 6.07) is 10.6. The fraction of sp³-hybridized carbons (Fsp3) is 0.409. The molecule has 1 N–H and O–H groups in total. The molecular formula is C22H27N5O. The number of rotatable bonds is 5. The summed E-state index contributed by atoms with van der Waals surface area (Å²) in [5, 5.41) is 7.76. The number of amides is 1. The zero-order valence-corrected chi connectivity index (χ0v) is 16.8. The highest BCUT2D eigenvalue weighted by Gasteiger charge is 2.24. The number of likely N-dealkylation sites (N-methyl/N-ethyl adjacent to an activating group) is 1. The van der Waals surface area contributed by atoms with E-state index >= 15 is 0 Å². The molecule has 3 aromatic rings. The van der Waals surface area contributed by atoms with Crippen LogP contribution in [0.4, 0.5) is 0 Å². The molecule has 6 nitrogen and oxygen atoms in total. The van der Waals surface area contributed by atoms with Gasteiger partial charge >= 0.3 is 0 Å². The molecule has 0 aliphatic carbocycles. The van der Waals surface area contributed by atoms with Crippen LogP contribution in [0.3, 0.4) is 0 Å². The molecule has 6 heteroatoms. The van der Waals surface area contributed by atoms with E-state index in [-0.39, 0.29) is 5.91 Å². The fourth-order valence-corrected chi connectivity index (χ4v) is 4.22. The SMILES string of the molecule is CCN1CCC[C@H]1CNC(=O)c1cnc2c(-c3ccccc3)c(C)nn2c1C.